The summed E-state index contributed by atoms with van der Waals surface area (Å²) >= 11 is 0. The Bertz CT molecular complexity index is 756. The van der Waals surface area contributed by atoms with Crippen molar-refractivity contribution < 1.29 is 14.0 Å². The highest BCUT2D eigenvalue weighted by molar-refractivity contribution is 5.80. The lowest BCUT2D eigenvalue weighted by Crippen LogP contribution is -2.51. The Hall–Kier alpha value is -2.69. The zero-order valence-electron chi connectivity index (χ0n) is 14.7. The van der Waals surface area contributed by atoms with Crippen LogP contribution < -0.4 is 0 Å². The second kappa shape index (κ2) is 8.61. The van der Waals surface area contributed by atoms with E-state index in [-0.39, 0.29) is 17.6 Å². The van der Waals surface area contributed by atoms with Crippen molar-refractivity contribution in [3.05, 3.63) is 71.5 Å². The van der Waals surface area contributed by atoms with Gasteiger partial charge < -0.3 is 9.80 Å². The summed E-state index contributed by atoms with van der Waals surface area (Å²) in [6.45, 7) is 2.25. The first kappa shape index (κ1) is 18.1. The lowest BCUT2D eigenvalue weighted by Gasteiger charge is -2.35. The number of halogens is 1. The summed E-state index contributed by atoms with van der Waals surface area (Å²) in [5, 5.41) is 0. The molecule has 0 bridgehead atoms. The van der Waals surface area contributed by atoms with E-state index in [9.17, 15) is 14.0 Å². The largest absolute Gasteiger partial charge is 0.339 e. The summed E-state index contributed by atoms with van der Waals surface area (Å²) in [4.78, 5) is 28.3. The molecule has 0 spiro atoms. The molecule has 26 heavy (non-hydrogen) atoms. The van der Waals surface area contributed by atoms with E-state index < -0.39 is 0 Å². The number of benzene rings is 2. The number of carbonyl (C=O) groups excluding carboxylic acids is 2. The molecule has 1 aliphatic heterocycles. The predicted molar refractivity (Wildman–Crippen MR) is 98.0 cm³/mol. The van der Waals surface area contributed by atoms with Gasteiger partial charge in [-0.1, -0.05) is 42.5 Å². The van der Waals surface area contributed by atoms with E-state index in [0.717, 1.165) is 11.1 Å². The molecular weight excluding hydrogens is 331 g/mol. The number of hydrogen-bond acceptors (Lipinski definition) is 2. The van der Waals surface area contributed by atoms with E-state index in [0.29, 0.717) is 45.4 Å². The van der Waals surface area contributed by atoms with Gasteiger partial charge in [0.2, 0.25) is 11.8 Å². The summed E-state index contributed by atoms with van der Waals surface area (Å²) in [7, 11) is 0. The molecule has 0 N–H and O–H groups in total. The van der Waals surface area contributed by atoms with Crippen molar-refractivity contribution >= 4 is 11.8 Å². The summed E-state index contributed by atoms with van der Waals surface area (Å²) in [5.74, 6) is -0.118. The second-order valence-corrected chi connectivity index (χ2v) is 6.55. The molecule has 5 heteroatoms. The fourth-order valence-corrected chi connectivity index (χ4v) is 3.19. The average Bonchev–Trinajstić information content (AvgIpc) is 2.67. The molecule has 0 saturated carbocycles. The zero-order valence-corrected chi connectivity index (χ0v) is 14.7. The number of rotatable bonds is 5. The minimum absolute atomic E-state index is 0.0596. The number of aryl methyl sites for hydroxylation is 1. The van der Waals surface area contributed by atoms with Crippen LogP contribution in [0.4, 0.5) is 4.39 Å². The van der Waals surface area contributed by atoms with Crippen molar-refractivity contribution in [3.8, 4) is 0 Å². The molecule has 2 amide bonds. The molecule has 3 rings (SSSR count). The fraction of sp³-hybridized carbons (Fsp3) is 0.333. The van der Waals surface area contributed by atoms with Gasteiger partial charge in [-0.05, 0) is 29.7 Å². The second-order valence-electron chi connectivity index (χ2n) is 6.55. The molecule has 136 valence electrons. The smallest absolute Gasteiger partial charge is 0.227 e. The van der Waals surface area contributed by atoms with Crippen LogP contribution >= 0.6 is 0 Å². The summed E-state index contributed by atoms with van der Waals surface area (Å²) in [6.07, 6.45) is 1.29. The normalized spacial score (nSPS) is 14.3. The van der Waals surface area contributed by atoms with Gasteiger partial charge in [0.15, 0.2) is 0 Å². The Morgan fingerprint density at radius 3 is 2.08 bits per heavy atom. The first-order valence-electron chi connectivity index (χ1n) is 8.96. The van der Waals surface area contributed by atoms with E-state index in [4.69, 9.17) is 0 Å². The molecule has 1 heterocycles. The van der Waals surface area contributed by atoms with Crippen molar-refractivity contribution in [2.45, 2.75) is 19.3 Å². The monoisotopic (exact) mass is 354 g/mol. The Morgan fingerprint density at radius 2 is 1.42 bits per heavy atom. The third kappa shape index (κ3) is 4.91. The molecule has 2 aromatic carbocycles. The number of nitrogens with zero attached hydrogens (tertiary/aromatic N) is 2. The Morgan fingerprint density at radius 1 is 0.808 bits per heavy atom. The van der Waals surface area contributed by atoms with Crippen LogP contribution in [0.15, 0.2) is 54.6 Å². The average molecular weight is 354 g/mol. The Balaban J connectivity index is 1.44. The molecule has 0 aromatic heterocycles. The van der Waals surface area contributed by atoms with Crippen molar-refractivity contribution in [1.82, 2.24) is 9.80 Å². The van der Waals surface area contributed by atoms with Crippen molar-refractivity contribution in [2.24, 2.45) is 0 Å². The van der Waals surface area contributed by atoms with Crippen molar-refractivity contribution in [3.63, 3.8) is 0 Å². The zero-order chi connectivity index (χ0) is 18.4. The number of piperazine rings is 1. The van der Waals surface area contributed by atoms with E-state index >= 15 is 0 Å². The van der Waals surface area contributed by atoms with Crippen LogP contribution in [-0.2, 0) is 22.4 Å². The van der Waals surface area contributed by atoms with E-state index in [1.54, 1.807) is 11.0 Å². The third-order valence-electron chi connectivity index (χ3n) is 4.70. The van der Waals surface area contributed by atoms with Crippen molar-refractivity contribution in [1.29, 1.82) is 0 Å². The van der Waals surface area contributed by atoms with Crippen LogP contribution in [0.1, 0.15) is 17.5 Å². The maximum absolute atomic E-state index is 13.2. The Kier molecular flexibility index (Phi) is 6.00. The first-order chi connectivity index (χ1) is 12.6. The number of amides is 2. The van der Waals surface area contributed by atoms with Gasteiger partial charge in [0.05, 0.1) is 6.42 Å². The summed E-state index contributed by atoms with van der Waals surface area (Å²) in [6, 6.07) is 16.0. The number of carbonyl (C=O) groups is 2. The van der Waals surface area contributed by atoms with Crippen LogP contribution in [0.5, 0.6) is 0 Å². The standard InChI is InChI=1S/C21H23FN2O2/c22-19-8-4-7-18(15-19)9-10-20(25)23-11-13-24(14-12-23)21(26)16-17-5-2-1-3-6-17/h1-8,15H,9-14,16H2. The van der Waals surface area contributed by atoms with Gasteiger partial charge in [0.25, 0.3) is 0 Å². The van der Waals surface area contributed by atoms with E-state index in [1.165, 1.54) is 12.1 Å². The molecule has 1 aliphatic rings. The first-order valence-corrected chi connectivity index (χ1v) is 8.96. The van der Waals surface area contributed by atoms with Gasteiger partial charge in [-0.2, -0.15) is 0 Å². The highest BCUT2D eigenvalue weighted by Gasteiger charge is 2.23. The van der Waals surface area contributed by atoms with E-state index in [1.807, 2.05) is 41.3 Å². The minimum Gasteiger partial charge on any atom is -0.339 e. The molecule has 0 radical (unpaired) electrons. The highest BCUT2D eigenvalue weighted by atomic mass is 19.1. The highest BCUT2D eigenvalue weighted by Crippen LogP contribution is 2.11. The van der Waals surface area contributed by atoms with Crippen LogP contribution in [-0.4, -0.2) is 47.8 Å². The maximum Gasteiger partial charge on any atom is 0.227 e. The molecule has 0 atom stereocenters. The molecular formula is C21H23FN2O2. The van der Waals surface area contributed by atoms with Gasteiger partial charge in [-0.25, -0.2) is 4.39 Å². The fourth-order valence-electron chi connectivity index (χ4n) is 3.19. The Labute approximate surface area is 153 Å². The van der Waals surface area contributed by atoms with Crippen LogP contribution in [0, 0.1) is 5.82 Å². The SMILES string of the molecule is O=C(CCc1cccc(F)c1)N1CCN(C(=O)Cc2ccccc2)CC1. The van der Waals surface area contributed by atoms with Gasteiger partial charge >= 0.3 is 0 Å². The van der Waals surface area contributed by atoms with Gasteiger partial charge in [-0.15, -0.1) is 0 Å². The predicted octanol–water partition coefficient (Wildman–Crippen LogP) is 2.67. The lowest BCUT2D eigenvalue weighted by atomic mass is 10.1. The van der Waals surface area contributed by atoms with Gasteiger partial charge in [0.1, 0.15) is 5.82 Å². The number of hydrogen-bond donors (Lipinski definition) is 0. The lowest BCUT2D eigenvalue weighted by molar-refractivity contribution is -0.139. The van der Waals surface area contributed by atoms with Crippen LogP contribution in [0.3, 0.4) is 0 Å². The van der Waals surface area contributed by atoms with Gasteiger partial charge in [0, 0.05) is 32.6 Å². The molecule has 2 aromatic rings. The van der Waals surface area contributed by atoms with Crippen molar-refractivity contribution in [2.75, 3.05) is 26.2 Å². The molecule has 0 aliphatic carbocycles. The van der Waals surface area contributed by atoms with Gasteiger partial charge in [-0.3, -0.25) is 9.59 Å². The third-order valence-corrected chi connectivity index (χ3v) is 4.70. The topological polar surface area (TPSA) is 40.6 Å². The van der Waals surface area contributed by atoms with E-state index in [2.05, 4.69) is 0 Å². The molecule has 1 saturated heterocycles. The summed E-state index contributed by atoms with van der Waals surface area (Å²) in [5.41, 5.74) is 1.83. The molecule has 0 unspecified atom stereocenters. The van der Waals surface area contributed by atoms with Crippen LogP contribution in [0.2, 0.25) is 0 Å². The van der Waals surface area contributed by atoms with Crippen LogP contribution in [0.25, 0.3) is 0 Å². The summed E-state index contributed by atoms with van der Waals surface area (Å²) < 4.78 is 13.2. The maximum atomic E-state index is 13.2. The minimum atomic E-state index is -0.277. The molecule has 4 nitrogen and oxygen atoms in total. The quantitative estimate of drug-likeness (QED) is 0.828. The molecule has 1 fully saturated rings.